The third-order valence-electron chi connectivity index (χ3n) is 3.20. The number of thiophene rings is 1. The Bertz CT molecular complexity index is 862. The number of hydrogen-bond acceptors (Lipinski definition) is 2. The van der Waals surface area contributed by atoms with Crippen LogP contribution in [-0.4, -0.2) is 0 Å². The second-order valence-corrected chi connectivity index (χ2v) is 6.71. The molecule has 0 aliphatic carbocycles. The molecule has 3 rings (SSSR count). The fourth-order valence-electron chi connectivity index (χ4n) is 2.29. The third kappa shape index (κ3) is 2.86. The predicted molar refractivity (Wildman–Crippen MR) is 95.2 cm³/mol. The summed E-state index contributed by atoms with van der Waals surface area (Å²) in [5, 5.41) is 2.60. The Hall–Kier alpha value is -1.29. The minimum atomic E-state index is 0.252. The van der Waals surface area contributed by atoms with Crippen molar-refractivity contribution in [1.29, 1.82) is 0 Å². The van der Waals surface area contributed by atoms with E-state index in [4.69, 9.17) is 11.6 Å². The first-order chi connectivity index (χ1) is 10.2. The van der Waals surface area contributed by atoms with Crippen LogP contribution >= 0.6 is 35.1 Å². The summed E-state index contributed by atoms with van der Waals surface area (Å²) in [5.74, 6) is 0. The lowest BCUT2D eigenvalue weighted by molar-refractivity contribution is 0.936. The van der Waals surface area contributed by atoms with Crippen LogP contribution in [0.1, 0.15) is 12.5 Å². The first-order valence-electron chi connectivity index (χ1n) is 6.46. The van der Waals surface area contributed by atoms with Gasteiger partial charge in [-0.05, 0) is 30.7 Å². The van der Waals surface area contributed by atoms with E-state index in [9.17, 15) is 3.89 Å². The van der Waals surface area contributed by atoms with Crippen molar-refractivity contribution in [2.24, 2.45) is 0 Å². The van der Waals surface area contributed by atoms with Gasteiger partial charge in [0, 0.05) is 25.2 Å². The molecule has 2 aromatic carbocycles. The van der Waals surface area contributed by atoms with E-state index < -0.39 is 0 Å². The molecule has 0 amide bonds. The normalized spacial score (nSPS) is 12.3. The average molecular weight is 335 g/mol. The summed E-state index contributed by atoms with van der Waals surface area (Å²) in [5.41, 5.74) is 1.13. The molecular formula is C17H12ClFS2. The second-order valence-electron chi connectivity index (χ2n) is 4.60. The highest BCUT2D eigenvalue weighted by atomic mass is 35.5. The van der Waals surface area contributed by atoms with Gasteiger partial charge in [-0.25, -0.2) is 0 Å². The molecular weight excluding hydrogens is 323 g/mol. The van der Waals surface area contributed by atoms with Crippen molar-refractivity contribution in [3.8, 4) is 0 Å². The fourth-order valence-corrected chi connectivity index (χ4v) is 4.40. The van der Waals surface area contributed by atoms with Crippen molar-refractivity contribution in [3.05, 3.63) is 59.1 Å². The molecule has 0 atom stereocenters. The van der Waals surface area contributed by atoms with Crippen molar-refractivity contribution in [1.82, 2.24) is 0 Å². The van der Waals surface area contributed by atoms with E-state index in [1.54, 1.807) is 17.4 Å². The molecule has 21 heavy (non-hydrogen) atoms. The molecule has 0 aliphatic heterocycles. The summed E-state index contributed by atoms with van der Waals surface area (Å²) in [6.07, 6.45) is 8.05. The first-order valence-corrected chi connectivity index (χ1v) is 8.38. The van der Waals surface area contributed by atoms with Crippen molar-refractivity contribution in [3.63, 3.8) is 0 Å². The average Bonchev–Trinajstić information content (AvgIpc) is 2.83. The van der Waals surface area contributed by atoms with Gasteiger partial charge in [-0.15, -0.1) is 11.3 Å². The second kappa shape index (κ2) is 6.22. The maximum Gasteiger partial charge on any atom is 0.0819 e. The van der Waals surface area contributed by atoms with E-state index in [0.717, 1.165) is 25.7 Å². The Labute approximate surface area is 136 Å². The van der Waals surface area contributed by atoms with E-state index in [1.807, 2.05) is 31.2 Å². The van der Waals surface area contributed by atoms with Gasteiger partial charge in [0.25, 0.3) is 0 Å². The summed E-state index contributed by atoms with van der Waals surface area (Å²) >= 11 is 7.95. The molecule has 0 aliphatic rings. The number of allylic oxidation sites excluding steroid dienone is 3. The lowest BCUT2D eigenvalue weighted by atomic mass is 10.1. The van der Waals surface area contributed by atoms with Gasteiger partial charge >= 0.3 is 0 Å². The van der Waals surface area contributed by atoms with Crippen LogP contribution < -0.4 is 0 Å². The Kier molecular flexibility index (Phi) is 4.34. The van der Waals surface area contributed by atoms with Gasteiger partial charge in [-0.3, -0.25) is 0 Å². The van der Waals surface area contributed by atoms with Gasteiger partial charge in [0.05, 0.1) is 17.0 Å². The number of halogens is 2. The highest BCUT2D eigenvalue weighted by Crippen LogP contribution is 2.42. The van der Waals surface area contributed by atoms with Crippen LogP contribution in [0.4, 0.5) is 3.89 Å². The van der Waals surface area contributed by atoms with Crippen molar-refractivity contribution in [2.75, 3.05) is 0 Å². The highest BCUT2D eigenvalue weighted by molar-refractivity contribution is 7.94. The quantitative estimate of drug-likeness (QED) is 0.454. The van der Waals surface area contributed by atoms with Gasteiger partial charge in [0.1, 0.15) is 0 Å². The van der Waals surface area contributed by atoms with Crippen LogP contribution in [0.15, 0.2) is 53.5 Å². The van der Waals surface area contributed by atoms with Gasteiger partial charge < -0.3 is 0 Å². The van der Waals surface area contributed by atoms with Crippen LogP contribution in [0, 0.1) is 0 Å². The maximum absolute atomic E-state index is 13.2. The standard InChI is InChI=1S/C17H12ClFS2/c1-2-3-4-5-11-6-7-13-14(8-11)20-15-9-12(18)10-16(21-19)17(13)15/h2-10H,1H3/b3-2-,5-4-. The minimum Gasteiger partial charge on any atom is -0.160 e. The number of hydrogen-bond donors (Lipinski definition) is 0. The predicted octanol–water partition coefficient (Wildman–Crippen LogP) is 7.27. The first kappa shape index (κ1) is 14.6. The molecule has 106 valence electrons. The molecule has 1 aromatic heterocycles. The molecule has 3 aromatic rings. The Balaban J connectivity index is 2.22. The molecule has 0 radical (unpaired) electrons. The van der Waals surface area contributed by atoms with Crippen LogP contribution in [0.5, 0.6) is 0 Å². The maximum atomic E-state index is 13.2. The minimum absolute atomic E-state index is 0.252. The van der Waals surface area contributed by atoms with Crippen LogP contribution in [0.25, 0.3) is 26.2 Å². The van der Waals surface area contributed by atoms with Gasteiger partial charge in [0.15, 0.2) is 0 Å². The molecule has 0 fully saturated rings. The van der Waals surface area contributed by atoms with E-state index in [1.165, 1.54) is 0 Å². The van der Waals surface area contributed by atoms with E-state index in [0.29, 0.717) is 9.92 Å². The van der Waals surface area contributed by atoms with Gasteiger partial charge in [-0.2, -0.15) is 3.89 Å². The monoisotopic (exact) mass is 334 g/mol. The number of rotatable bonds is 3. The number of benzene rings is 2. The summed E-state index contributed by atoms with van der Waals surface area (Å²) in [6.45, 7) is 1.99. The fraction of sp³-hybridized carbons (Fsp3) is 0.0588. The zero-order valence-electron chi connectivity index (χ0n) is 11.3. The summed E-state index contributed by atoms with van der Waals surface area (Å²) in [4.78, 5) is 0.584. The largest absolute Gasteiger partial charge is 0.160 e. The lowest BCUT2D eigenvalue weighted by Gasteiger charge is -1.99. The molecule has 0 spiro atoms. The third-order valence-corrected chi connectivity index (χ3v) is 5.01. The molecule has 4 heteroatoms. The topological polar surface area (TPSA) is 0 Å². The highest BCUT2D eigenvalue weighted by Gasteiger charge is 2.11. The molecule has 0 saturated heterocycles. The Morgan fingerprint density at radius 1 is 1.14 bits per heavy atom. The van der Waals surface area contributed by atoms with Crippen molar-refractivity contribution in [2.45, 2.75) is 11.8 Å². The van der Waals surface area contributed by atoms with E-state index >= 15 is 0 Å². The Morgan fingerprint density at radius 3 is 2.76 bits per heavy atom. The summed E-state index contributed by atoms with van der Waals surface area (Å²) < 4.78 is 15.3. The van der Waals surface area contributed by atoms with Crippen molar-refractivity contribution >= 4 is 61.3 Å². The zero-order valence-corrected chi connectivity index (χ0v) is 13.7. The van der Waals surface area contributed by atoms with Crippen LogP contribution in [0.3, 0.4) is 0 Å². The molecule has 1 heterocycles. The molecule has 0 saturated carbocycles. The zero-order chi connectivity index (χ0) is 14.8. The lowest BCUT2D eigenvalue weighted by Crippen LogP contribution is -1.74. The number of fused-ring (bicyclic) bond motifs is 3. The Morgan fingerprint density at radius 2 is 2.00 bits per heavy atom. The SMILES string of the molecule is C/C=C\C=C/c1ccc2c(c1)sc1cc(Cl)cc(SF)c12. The van der Waals surface area contributed by atoms with Gasteiger partial charge in [0.2, 0.25) is 0 Å². The van der Waals surface area contributed by atoms with Crippen LogP contribution in [-0.2, 0) is 0 Å². The van der Waals surface area contributed by atoms with Crippen LogP contribution in [0.2, 0.25) is 5.02 Å². The van der Waals surface area contributed by atoms with E-state index in [-0.39, 0.29) is 12.1 Å². The molecule has 0 unspecified atom stereocenters. The molecule has 0 nitrogen and oxygen atoms in total. The molecule has 0 N–H and O–H groups in total. The summed E-state index contributed by atoms with van der Waals surface area (Å²) in [7, 11) is 0. The van der Waals surface area contributed by atoms with E-state index in [2.05, 4.69) is 24.3 Å². The smallest absolute Gasteiger partial charge is 0.0819 e. The van der Waals surface area contributed by atoms with Crippen molar-refractivity contribution < 1.29 is 3.89 Å². The van der Waals surface area contributed by atoms with Gasteiger partial charge in [-0.1, -0.05) is 48.0 Å². The summed E-state index contributed by atoms with van der Waals surface area (Å²) in [6, 6.07) is 9.81. The molecule has 0 bridgehead atoms.